The van der Waals surface area contributed by atoms with E-state index in [0.717, 1.165) is 0 Å². The van der Waals surface area contributed by atoms with Crippen molar-refractivity contribution >= 4 is 17.8 Å². The van der Waals surface area contributed by atoms with Crippen molar-refractivity contribution in [3.63, 3.8) is 0 Å². The molecule has 1 aromatic carbocycles. The third-order valence-electron chi connectivity index (χ3n) is 2.14. The molecule has 1 aromatic rings. The molecule has 0 aliphatic carbocycles. The van der Waals surface area contributed by atoms with E-state index in [1.165, 1.54) is 37.3 Å². The van der Waals surface area contributed by atoms with Gasteiger partial charge in [-0.3, -0.25) is 4.79 Å². The largest absolute Gasteiger partial charge is 0.458 e. The van der Waals surface area contributed by atoms with E-state index < -0.39 is 17.6 Å². The third-order valence-corrected chi connectivity index (χ3v) is 2.14. The number of carbonyl (C=O) groups excluding carboxylic acids is 2. The smallest absolute Gasteiger partial charge is 0.342 e. The maximum atomic E-state index is 13.4. The van der Waals surface area contributed by atoms with Crippen molar-refractivity contribution in [2.75, 3.05) is 6.61 Å². The standard InChI is InChI=1S/C14H13FO3/c1-3-8-18-14(17)12(10(2)16)9-11-6-4-5-7-13(11)15/h3-7,9H,1,8H2,2H3. The molecule has 94 valence electrons. The number of Topliss-reactive ketones (excluding diaryl/α,β-unsaturated/α-hetero) is 1. The molecule has 3 nitrogen and oxygen atoms in total. The van der Waals surface area contributed by atoms with E-state index in [0.29, 0.717) is 0 Å². The molecule has 0 spiro atoms. The number of ketones is 1. The van der Waals surface area contributed by atoms with Gasteiger partial charge < -0.3 is 4.74 Å². The van der Waals surface area contributed by atoms with Crippen LogP contribution in [0.15, 0.2) is 42.5 Å². The van der Waals surface area contributed by atoms with Crippen molar-refractivity contribution in [2.45, 2.75) is 6.92 Å². The SMILES string of the molecule is C=CCOC(=O)C(=Cc1ccccc1F)C(C)=O. The maximum Gasteiger partial charge on any atom is 0.342 e. The maximum absolute atomic E-state index is 13.4. The van der Waals surface area contributed by atoms with Crippen molar-refractivity contribution in [2.24, 2.45) is 0 Å². The van der Waals surface area contributed by atoms with E-state index in [-0.39, 0.29) is 17.7 Å². The van der Waals surface area contributed by atoms with E-state index in [4.69, 9.17) is 4.74 Å². The predicted octanol–water partition coefficient (Wildman–Crippen LogP) is 2.53. The number of halogens is 1. The van der Waals surface area contributed by atoms with Gasteiger partial charge in [0, 0.05) is 5.56 Å². The highest BCUT2D eigenvalue weighted by Crippen LogP contribution is 2.13. The van der Waals surface area contributed by atoms with Crippen molar-refractivity contribution in [3.05, 3.63) is 53.9 Å². The van der Waals surface area contributed by atoms with Gasteiger partial charge in [0.15, 0.2) is 5.78 Å². The summed E-state index contributed by atoms with van der Waals surface area (Å²) in [5.41, 5.74) is -0.0276. The van der Waals surface area contributed by atoms with Gasteiger partial charge in [0.2, 0.25) is 0 Å². The molecule has 0 saturated heterocycles. The number of esters is 1. The molecule has 0 fully saturated rings. The third kappa shape index (κ3) is 3.66. The minimum absolute atomic E-state index is 0.000719. The Morgan fingerprint density at radius 3 is 2.61 bits per heavy atom. The fourth-order valence-corrected chi connectivity index (χ4v) is 1.26. The predicted molar refractivity (Wildman–Crippen MR) is 66.2 cm³/mol. The zero-order valence-electron chi connectivity index (χ0n) is 9.98. The molecule has 0 N–H and O–H groups in total. The van der Waals surface area contributed by atoms with Crippen LogP contribution in [0.1, 0.15) is 12.5 Å². The average Bonchev–Trinajstić information content (AvgIpc) is 2.34. The summed E-state index contributed by atoms with van der Waals surface area (Å²) >= 11 is 0. The normalized spacial score (nSPS) is 10.9. The van der Waals surface area contributed by atoms with Gasteiger partial charge in [-0.25, -0.2) is 9.18 Å². The molecule has 4 heteroatoms. The Morgan fingerprint density at radius 2 is 2.06 bits per heavy atom. The molecular weight excluding hydrogens is 235 g/mol. The van der Waals surface area contributed by atoms with Crippen molar-refractivity contribution in [3.8, 4) is 0 Å². The van der Waals surface area contributed by atoms with Crippen molar-refractivity contribution < 1.29 is 18.7 Å². The van der Waals surface area contributed by atoms with Crippen molar-refractivity contribution in [1.82, 2.24) is 0 Å². The second-order valence-electron chi connectivity index (χ2n) is 3.52. The molecule has 0 heterocycles. The van der Waals surface area contributed by atoms with Gasteiger partial charge in [-0.1, -0.05) is 30.9 Å². The lowest BCUT2D eigenvalue weighted by molar-refractivity contribution is -0.139. The molecule has 0 aliphatic heterocycles. The lowest BCUT2D eigenvalue weighted by Crippen LogP contribution is -2.13. The minimum Gasteiger partial charge on any atom is -0.458 e. The Labute approximate surface area is 105 Å². The highest BCUT2D eigenvalue weighted by molar-refractivity contribution is 6.19. The molecule has 18 heavy (non-hydrogen) atoms. The van der Waals surface area contributed by atoms with Crippen LogP contribution in [0.3, 0.4) is 0 Å². The topological polar surface area (TPSA) is 43.4 Å². The highest BCUT2D eigenvalue weighted by atomic mass is 19.1. The molecule has 0 unspecified atom stereocenters. The van der Waals surface area contributed by atoms with Crippen LogP contribution in [0.2, 0.25) is 0 Å². The van der Waals surface area contributed by atoms with Crippen LogP contribution in [0.4, 0.5) is 4.39 Å². The number of carbonyl (C=O) groups is 2. The van der Waals surface area contributed by atoms with Gasteiger partial charge in [-0.15, -0.1) is 0 Å². The molecule has 0 aliphatic rings. The van der Waals surface area contributed by atoms with Gasteiger partial charge in [0.05, 0.1) is 0 Å². The van der Waals surface area contributed by atoms with E-state index in [9.17, 15) is 14.0 Å². The molecule has 1 rings (SSSR count). The second-order valence-corrected chi connectivity index (χ2v) is 3.52. The lowest BCUT2D eigenvalue weighted by atomic mass is 10.1. The van der Waals surface area contributed by atoms with Crippen LogP contribution in [-0.4, -0.2) is 18.4 Å². The van der Waals surface area contributed by atoms with Crippen LogP contribution in [0.25, 0.3) is 6.08 Å². The van der Waals surface area contributed by atoms with E-state index in [2.05, 4.69) is 6.58 Å². The van der Waals surface area contributed by atoms with Crippen LogP contribution < -0.4 is 0 Å². The summed E-state index contributed by atoms with van der Waals surface area (Å²) in [4.78, 5) is 22.9. The minimum atomic E-state index is -0.786. The monoisotopic (exact) mass is 248 g/mol. The molecular formula is C14H13FO3. The average molecular weight is 248 g/mol. The van der Waals surface area contributed by atoms with E-state index in [1.54, 1.807) is 6.07 Å². The number of rotatable bonds is 5. The number of ether oxygens (including phenoxy) is 1. The van der Waals surface area contributed by atoms with Gasteiger partial charge in [0.1, 0.15) is 18.0 Å². The molecule has 0 saturated carbocycles. The Balaban J connectivity index is 3.05. The Hall–Kier alpha value is -2.23. The first kappa shape index (κ1) is 13.8. The summed E-state index contributed by atoms with van der Waals surface area (Å²) in [6.45, 7) is 4.62. The number of hydrogen-bond donors (Lipinski definition) is 0. The molecule has 0 radical (unpaired) electrons. The highest BCUT2D eigenvalue weighted by Gasteiger charge is 2.16. The summed E-state index contributed by atoms with van der Waals surface area (Å²) in [5, 5.41) is 0. The van der Waals surface area contributed by atoms with Gasteiger partial charge in [-0.05, 0) is 19.1 Å². The molecule has 0 aromatic heterocycles. The lowest BCUT2D eigenvalue weighted by Gasteiger charge is -2.04. The first-order valence-corrected chi connectivity index (χ1v) is 5.31. The Kier molecular flexibility index (Phi) is 4.99. The van der Waals surface area contributed by atoms with Gasteiger partial charge in [0.25, 0.3) is 0 Å². The van der Waals surface area contributed by atoms with Crippen LogP contribution in [-0.2, 0) is 14.3 Å². The van der Waals surface area contributed by atoms with Crippen LogP contribution in [0.5, 0.6) is 0 Å². The van der Waals surface area contributed by atoms with Crippen LogP contribution >= 0.6 is 0 Å². The van der Waals surface area contributed by atoms with E-state index >= 15 is 0 Å². The van der Waals surface area contributed by atoms with Gasteiger partial charge in [-0.2, -0.15) is 0 Å². The first-order valence-electron chi connectivity index (χ1n) is 5.31. The summed E-state index contributed by atoms with van der Waals surface area (Å²) in [7, 11) is 0. The van der Waals surface area contributed by atoms with Crippen molar-refractivity contribution in [1.29, 1.82) is 0 Å². The quantitative estimate of drug-likeness (QED) is 0.264. The summed E-state index contributed by atoms with van der Waals surface area (Å²) in [6.07, 6.45) is 2.57. The second kappa shape index (κ2) is 6.49. The zero-order chi connectivity index (χ0) is 13.5. The fourth-order valence-electron chi connectivity index (χ4n) is 1.26. The summed E-state index contributed by atoms with van der Waals surface area (Å²) in [6, 6.07) is 5.86. The number of hydrogen-bond acceptors (Lipinski definition) is 3. The molecule has 0 atom stereocenters. The molecule has 0 amide bonds. The summed E-state index contributed by atoms with van der Waals surface area (Å²) < 4.78 is 18.2. The summed E-state index contributed by atoms with van der Waals surface area (Å²) in [5.74, 6) is -1.77. The van der Waals surface area contributed by atoms with Gasteiger partial charge >= 0.3 is 5.97 Å². The Morgan fingerprint density at radius 1 is 1.39 bits per heavy atom. The first-order chi connectivity index (χ1) is 8.56. The fraction of sp³-hybridized carbons (Fsp3) is 0.143. The molecule has 0 bridgehead atoms. The Bertz CT molecular complexity index is 504. The zero-order valence-corrected chi connectivity index (χ0v) is 9.98. The number of benzene rings is 1. The van der Waals surface area contributed by atoms with E-state index in [1.807, 2.05) is 0 Å². The van der Waals surface area contributed by atoms with Crippen LogP contribution in [0, 0.1) is 5.82 Å².